The molecule has 0 saturated carbocycles. The Kier molecular flexibility index (Phi) is 7.58. The maximum Gasteiger partial charge on any atom is 0.161 e. The van der Waals surface area contributed by atoms with E-state index >= 15 is 0 Å². The van der Waals surface area contributed by atoms with Gasteiger partial charge in [-0.1, -0.05) is 40.7 Å². The molecule has 0 heterocycles. The lowest BCUT2D eigenvalue weighted by molar-refractivity contribution is 0.0917. The molecule has 1 aromatic carbocycles. The minimum Gasteiger partial charge on any atom is -0.490 e. The van der Waals surface area contributed by atoms with Gasteiger partial charge in [0.25, 0.3) is 0 Å². The van der Waals surface area contributed by atoms with Crippen LogP contribution in [0.25, 0.3) is 0 Å². The molecule has 0 aliphatic heterocycles. The fourth-order valence-electron chi connectivity index (χ4n) is 2.03. The molecule has 0 radical (unpaired) electrons. The SMILES string of the molecule is CCCOc1ccc(C(O)C(C)C(C)C)cc1OCCC. The number of aliphatic hydroxyl groups excluding tert-OH is 1. The van der Waals surface area contributed by atoms with Crippen LogP contribution in [0.3, 0.4) is 0 Å². The summed E-state index contributed by atoms with van der Waals surface area (Å²) in [4.78, 5) is 0. The second-order valence-electron chi connectivity index (χ2n) is 5.95. The summed E-state index contributed by atoms with van der Waals surface area (Å²) in [7, 11) is 0. The number of benzene rings is 1. The predicted molar refractivity (Wildman–Crippen MR) is 87.0 cm³/mol. The summed E-state index contributed by atoms with van der Waals surface area (Å²) in [6, 6.07) is 5.77. The van der Waals surface area contributed by atoms with Crippen molar-refractivity contribution in [1.29, 1.82) is 0 Å². The number of hydrogen-bond donors (Lipinski definition) is 1. The third kappa shape index (κ3) is 5.24. The average Bonchev–Trinajstić information content (AvgIpc) is 2.49. The molecule has 0 aliphatic carbocycles. The zero-order valence-corrected chi connectivity index (χ0v) is 14.1. The summed E-state index contributed by atoms with van der Waals surface area (Å²) >= 11 is 0. The van der Waals surface area contributed by atoms with Crippen molar-refractivity contribution in [1.82, 2.24) is 0 Å². The third-order valence-corrected chi connectivity index (χ3v) is 3.78. The van der Waals surface area contributed by atoms with Crippen LogP contribution in [-0.2, 0) is 0 Å². The van der Waals surface area contributed by atoms with Crippen LogP contribution in [0.2, 0.25) is 0 Å². The first-order chi connectivity index (χ1) is 10.0. The summed E-state index contributed by atoms with van der Waals surface area (Å²) in [6.45, 7) is 11.8. The topological polar surface area (TPSA) is 38.7 Å². The summed E-state index contributed by atoms with van der Waals surface area (Å²) < 4.78 is 11.5. The van der Waals surface area contributed by atoms with Gasteiger partial charge in [0.15, 0.2) is 11.5 Å². The lowest BCUT2D eigenvalue weighted by Gasteiger charge is -2.23. The number of aliphatic hydroxyl groups is 1. The van der Waals surface area contributed by atoms with Gasteiger partial charge >= 0.3 is 0 Å². The van der Waals surface area contributed by atoms with Gasteiger partial charge in [0.05, 0.1) is 19.3 Å². The van der Waals surface area contributed by atoms with E-state index in [0.29, 0.717) is 19.1 Å². The van der Waals surface area contributed by atoms with Crippen molar-refractivity contribution in [3.05, 3.63) is 23.8 Å². The van der Waals surface area contributed by atoms with Crippen molar-refractivity contribution in [2.24, 2.45) is 11.8 Å². The van der Waals surface area contributed by atoms with Crippen LogP contribution in [0.15, 0.2) is 18.2 Å². The van der Waals surface area contributed by atoms with Gasteiger partial charge in [0, 0.05) is 0 Å². The van der Waals surface area contributed by atoms with Crippen molar-refractivity contribution < 1.29 is 14.6 Å². The van der Waals surface area contributed by atoms with E-state index in [1.165, 1.54) is 0 Å². The van der Waals surface area contributed by atoms with E-state index in [-0.39, 0.29) is 5.92 Å². The fraction of sp³-hybridized carbons (Fsp3) is 0.667. The molecule has 2 atom stereocenters. The zero-order valence-electron chi connectivity index (χ0n) is 14.1. The van der Waals surface area contributed by atoms with Crippen LogP contribution in [0, 0.1) is 11.8 Å². The van der Waals surface area contributed by atoms with Gasteiger partial charge in [-0.3, -0.25) is 0 Å². The van der Waals surface area contributed by atoms with E-state index in [1.807, 2.05) is 18.2 Å². The minimum absolute atomic E-state index is 0.200. The molecule has 3 nitrogen and oxygen atoms in total. The summed E-state index contributed by atoms with van der Waals surface area (Å²) in [5, 5.41) is 10.5. The van der Waals surface area contributed by atoms with Crippen molar-refractivity contribution >= 4 is 0 Å². The first-order valence-electron chi connectivity index (χ1n) is 8.08. The minimum atomic E-state index is -0.478. The van der Waals surface area contributed by atoms with Crippen LogP contribution < -0.4 is 9.47 Å². The Hall–Kier alpha value is -1.22. The van der Waals surface area contributed by atoms with Crippen molar-refractivity contribution in [2.75, 3.05) is 13.2 Å². The lowest BCUT2D eigenvalue weighted by atomic mass is 9.88. The first-order valence-corrected chi connectivity index (χ1v) is 8.08. The third-order valence-electron chi connectivity index (χ3n) is 3.78. The second-order valence-corrected chi connectivity index (χ2v) is 5.95. The van der Waals surface area contributed by atoms with Gasteiger partial charge < -0.3 is 14.6 Å². The van der Waals surface area contributed by atoms with Crippen LogP contribution in [0.4, 0.5) is 0 Å². The summed E-state index contributed by atoms with van der Waals surface area (Å²) in [5.74, 6) is 2.12. The Labute approximate surface area is 129 Å². The highest BCUT2D eigenvalue weighted by molar-refractivity contribution is 5.43. The molecule has 0 bridgehead atoms. The molecule has 120 valence electrons. The second kappa shape index (κ2) is 8.93. The van der Waals surface area contributed by atoms with Crippen LogP contribution in [0.1, 0.15) is 59.1 Å². The molecule has 0 aromatic heterocycles. The molecule has 1 rings (SSSR count). The van der Waals surface area contributed by atoms with Crippen molar-refractivity contribution in [3.63, 3.8) is 0 Å². The van der Waals surface area contributed by atoms with Gasteiger partial charge in [-0.25, -0.2) is 0 Å². The highest BCUT2D eigenvalue weighted by Crippen LogP contribution is 2.34. The van der Waals surface area contributed by atoms with Gasteiger partial charge in [-0.05, 0) is 42.4 Å². The molecule has 3 heteroatoms. The largest absolute Gasteiger partial charge is 0.490 e. The Bertz CT molecular complexity index is 415. The monoisotopic (exact) mass is 294 g/mol. The van der Waals surface area contributed by atoms with Gasteiger partial charge in [0.1, 0.15) is 0 Å². The van der Waals surface area contributed by atoms with Gasteiger partial charge in [-0.2, -0.15) is 0 Å². The molecular formula is C18H30O3. The number of rotatable bonds is 9. The zero-order chi connectivity index (χ0) is 15.8. The molecule has 2 unspecified atom stereocenters. The fourth-order valence-corrected chi connectivity index (χ4v) is 2.03. The molecule has 1 N–H and O–H groups in total. The number of ether oxygens (including phenoxy) is 2. The maximum absolute atomic E-state index is 10.5. The molecule has 0 spiro atoms. The molecule has 0 aliphatic rings. The highest BCUT2D eigenvalue weighted by atomic mass is 16.5. The Morgan fingerprint density at radius 2 is 1.52 bits per heavy atom. The van der Waals surface area contributed by atoms with Gasteiger partial charge in [-0.15, -0.1) is 0 Å². The average molecular weight is 294 g/mol. The van der Waals surface area contributed by atoms with Crippen molar-refractivity contribution in [2.45, 2.75) is 53.6 Å². The standard InChI is InChI=1S/C18H30O3/c1-6-10-20-16-9-8-15(12-17(16)21-11-7-2)18(19)14(5)13(3)4/h8-9,12-14,18-19H,6-7,10-11H2,1-5H3. The Morgan fingerprint density at radius 1 is 0.952 bits per heavy atom. The molecule has 0 fully saturated rings. The van der Waals surface area contributed by atoms with E-state index in [4.69, 9.17) is 9.47 Å². The molecule has 1 aromatic rings. The predicted octanol–water partition coefficient (Wildman–Crippen LogP) is 4.59. The quantitative estimate of drug-likeness (QED) is 0.724. The summed E-state index contributed by atoms with van der Waals surface area (Å²) in [6.07, 6.45) is 1.43. The Balaban J connectivity index is 2.96. The molecular weight excluding hydrogens is 264 g/mol. The van der Waals surface area contributed by atoms with Crippen LogP contribution >= 0.6 is 0 Å². The van der Waals surface area contributed by atoms with E-state index < -0.39 is 6.10 Å². The van der Waals surface area contributed by atoms with Gasteiger partial charge in [0.2, 0.25) is 0 Å². The first kappa shape index (κ1) is 17.8. The molecule has 0 saturated heterocycles. The molecule has 21 heavy (non-hydrogen) atoms. The van der Waals surface area contributed by atoms with Crippen molar-refractivity contribution in [3.8, 4) is 11.5 Å². The molecule has 0 amide bonds. The summed E-state index contributed by atoms with van der Waals surface area (Å²) in [5.41, 5.74) is 0.895. The van der Waals surface area contributed by atoms with Crippen LogP contribution in [-0.4, -0.2) is 18.3 Å². The normalized spacial score (nSPS) is 14.0. The lowest BCUT2D eigenvalue weighted by Crippen LogP contribution is -2.15. The number of hydrogen-bond acceptors (Lipinski definition) is 3. The van der Waals surface area contributed by atoms with E-state index in [1.54, 1.807) is 0 Å². The Morgan fingerprint density at radius 3 is 2.05 bits per heavy atom. The van der Waals surface area contributed by atoms with E-state index in [9.17, 15) is 5.11 Å². The maximum atomic E-state index is 10.5. The highest BCUT2D eigenvalue weighted by Gasteiger charge is 2.21. The van der Waals surface area contributed by atoms with Crippen LogP contribution in [0.5, 0.6) is 11.5 Å². The van der Waals surface area contributed by atoms with E-state index in [0.717, 1.165) is 29.9 Å². The van der Waals surface area contributed by atoms with E-state index in [2.05, 4.69) is 34.6 Å². The smallest absolute Gasteiger partial charge is 0.161 e.